The fraction of sp³-hybridized carbons (Fsp3) is 0.333. The fourth-order valence-corrected chi connectivity index (χ4v) is 4.85. The van der Waals surface area contributed by atoms with E-state index in [1.807, 2.05) is 30.5 Å². The Morgan fingerprint density at radius 3 is 2.59 bits per heavy atom. The van der Waals surface area contributed by atoms with Crippen LogP contribution in [0.5, 0.6) is 0 Å². The molecule has 9 heteroatoms. The Bertz CT molecular complexity index is 977. The molecule has 2 N–H and O–H groups in total. The summed E-state index contributed by atoms with van der Waals surface area (Å²) in [5, 5.41) is 11.0. The van der Waals surface area contributed by atoms with Crippen LogP contribution in [0.15, 0.2) is 47.4 Å². The van der Waals surface area contributed by atoms with E-state index in [4.69, 9.17) is 0 Å². The van der Waals surface area contributed by atoms with E-state index >= 15 is 0 Å². The number of carbonyl (C=O) groups is 2. The number of rotatable bonds is 6. The Morgan fingerprint density at radius 1 is 1.22 bits per heavy atom. The highest BCUT2D eigenvalue weighted by Gasteiger charge is 2.39. The molecule has 1 aliphatic heterocycles. The van der Waals surface area contributed by atoms with Gasteiger partial charge in [0.15, 0.2) is 0 Å². The number of fused-ring (bicyclic) bond motifs is 1. The summed E-state index contributed by atoms with van der Waals surface area (Å²) in [6, 6.07) is 11.2. The number of nitrogens with zero attached hydrogens (tertiary/aromatic N) is 1. The second-order valence-electron chi connectivity index (χ2n) is 6.33. The molecule has 7 nitrogen and oxygen atoms in total. The predicted molar refractivity (Wildman–Crippen MR) is 104 cm³/mol. The van der Waals surface area contributed by atoms with Gasteiger partial charge in [0.05, 0.1) is 11.4 Å². The van der Waals surface area contributed by atoms with E-state index in [0.717, 1.165) is 10.8 Å². The molecule has 1 heterocycles. The molecule has 1 saturated heterocycles. The summed E-state index contributed by atoms with van der Waals surface area (Å²) in [5.41, 5.74) is 0. The largest absolute Gasteiger partial charge is 0.480 e. The predicted octanol–water partition coefficient (Wildman–Crippen LogP) is 1.54. The Kier molecular flexibility index (Phi) is 5.73. The van der Waals surface area contributed by atoms with E-state index in [-0.39, 0.29) is 10.1 Å². The topological polar surface area (TPSA) is 104 Å². The number of carbonyl (C=O) groups excluding carboxylic acids is 1. The van der Waals surface area contributed by atoms with Crippen LogP contribution in [0.3, 0.4) is 0 Å². The molecule has 0 aliphatic carbocycles. The molecule has 0 bridgehead atoms. The summed E-state index contributed by atoms with van der Waals surface area (Å²) in [6.45, 7) is -0.172. The summed E-state index contributed by atoms with van der Waals surface area (Å²) >= 11 is 1.50. The quantitative estimate of drug-likeness (QED) is 0.751. The molecule has 2 aromatic carbocycles. The van der Waals surface area contributed by atoms with Crippen molar-refractivity contribution < 1.29 is 23.1 Å². The normalized spacial score (nSPS) is 20.1. The number of nitrogens with one attached hydrogen (secondary N) is 1. The molecule has 144 valence electrons. The van der Waals surface area contributed by atoms with E-state index < -0.39 is 34.5 Å². The molecule has 2 atom stereocenters. The molecule has 1 aliphatic rings. The van der Waals surface area contributed by atoms with Crippen molar-refractivity contribution in [3.05, 3.63) is 42.5 Å². The number of likely N-dealkylation sites (tertiary alicyclic amines) is 1. The second-order valence-corrected chi connectivity index (χ2v) is 9.23. The van der Waals surface area contributed by atoms with Crippen molar-refractivity contribution in [2.45, 2.75) is 22.6 Å². The van der Waals surface area contributed by atoms with Crippen molar-refractivity contribution in [2.75, 3.05) is 19.3 Å². The number of amides is 1. The molecule has 2 aromatic rings. The first-order valence-electron chi connectivity index (χ1n) is 8.35. The zero-order chi connectivity index (χ0) is 19.6. The first-order chi connectivity index (χ1) is 12.8. The highest BCUT2D eigenvalue weighted by molar-refractivity contribution is 7.99. The maximum absolute atomic E-state index is 12.5. The molecular formula is C18H20N2O5S2. The number of sulfonamides is 1. The summed E-state index contributed by atoms with van der Waals surface area (Å²) in [6.07, 6.45) is 2.22. The van der Waals surface area contributed by atoms with Crippen molar-refractivity contribution in [2.24, 2.45) is 0 Å². The zero-order valence-corrected chi connectivity index (χ0v) is 16.3. The molecule has 0 radical (unpaired) electrons. The highest BCUT2D eigenvalue weighted by Crippen LogP contribution is 2.26. The molecular weight excluding hydrogens is 388 g/mol. The van der Waals surface area contributed by atoms with Crippen LogP contribution in [0, 0.1) is 0 Å². The van der Waals surface area contributed by atoms with Crippen LogP contribution in [-0.2, 0) is 19.6 Å². The van der Waals surface area contributed by atoms with Crippen molar-refractivity contribution in [3.63, 3.8) is 0 Å². The van der Waals surface area contributed by atoms with Crippen LogP contribution in [0.4, 0.5) is 0 Å². The third-order valence-electron chi connectivity index (χ3n) is 4.65. The Balaban J connectivity index is 1.72. The van der Waals surface area contributed by atoms with E-state index in [0.29, 0.717) is 13.0 Å². The SMILES string of the molecule is CS[C@@H]1C[C@@H](C(=O)O)N(C(=O)CNS(=O)(=O)c2ccc3ccccc3c2)C1. The van der Waals surface area contributed by atoms with E-state index in [9.17, 15) is 23.1 Å². The Hall–Kier alpha value is -2.10. The van der Waals surface area contributed by atoms with Gasteiger partial charge in [-0.15, -0.1) is 0 Å². The average molecular weight is 409 g/mol. The number of thioether (sulfide) groups is 1. The lowest BCUT2D eigenvalue weighted by atomic mass is 10.1. The van der Waals surface area contributed by atoms with Crippen LogP contribution >= 0.6 is 11.8 Å². The molecule has 0 spiro atoms. The van der Waals surface area contributed by atoms with E-state index in [1.165, 1.54) is 22.7 Å². The number of hydrogen-bond donors (Lipinski definition) is 2. The van der Waals surface area contributed by atoms with Crippen molar-refractivity contribution in [1.29, 1.82) is 0 Å². The molecule has 1 amide bonds. The summed E-state index contributed by atoms with van der Waals surface area (Å²) < 4.78 is 27.3. The summed E-state index contributed by atoms with van der Waals surface area (Å²) in [5.74, 6) is -1.61. The monoisotopic (exact) mass is 408 g/mol. The molecule has 1 fully saturated rings. The summed E-state index contributed by atoms with van der Waals surface area (Å²) in [7, 11) is -3.88. The van der Waals surface area contributed by atoms with Gasteiger partial charge in [0.1, 0.15) is 6.04 Å². The van der Waals surface area contributed by atoms with E-state index in [1.54, 1.807) is 12.1 Å². The number of aliphatic carboxylic acids is 1. The number of hydrogen-bond acceptors (Lipinski definition) is 5. The van der Waals surface area contributed by atoms with Crippen molar-refractivity contribution in [3.8, 4) is 0 Å². The smallest absolute Gasteiger partial charge is 0.326 e. The van der Waals surface area contributed by atoms with Crippen LogP contribution in [0.1, 0.15) is 6.42 Å². The molecule has 0 unspecified atom stereocenters. The zero-order valence-electron chi connectivity index (χ0n) is 14.7. The van der Waals surface area contributed by atoms with Crippen LogP contribution in [0.2, 0.25) is 0 Å². The second kappa shape index (κ2) is 7.87. The molecule has 27 heavy (non-hydrogen) atoms. The number of benzene rings is 2. The van der Waals surface area contributed by atoms with Crippen LogP contribution in [0.25, 0.3) is 10.8 Å². The van der Waals surface area contributed by atoms with Crippen molar-refractivity contribution >= 4 is 44.4 Å². The lowest BCUT2D eigenvalue weighted by molar-refractivity contribution is -0.147. The minimum atomic E-state index is -3.88. The van der Waals surface area contributed by atoms with Gasteiger partial charge >= 0.3 is 5.97 Å². The molecule has 0 aromatic heterocycles. The first kappa shape index (κ1) is 19.7. The maximum Gasteiger partial charge on any atom is 0.326 e. The van der Waals surface area contributed by atoms with Gasteiger partial charge < -0.3 is 10.0 Å². The Morgan fingerprint density at radius 2 is 1.93 bits per heavy atom. The Labute approximate surface area is 161 Å². The minimum absolute atomic E-state index is 0.0344. The number of carboxylic acid groups (broad SMARTS) is 1. The third-order valence-corrected chi connectivity index (χ3v) is 7.05. The van der Waals surface area contributed by atoms with Gasteiger partial charge in [-0.05, 0) is 35.6 Å². The average Bonchev–Trinajstić information content (AvgIpc) is 3.11. The highest BCUT2D eigenvalue weighted by atomic mass is 32.2. The maximum atomic E-state index is 12.5. The van der Waals surface area contributed by atoms with Gasteiger partial charge in [0.2, 0.25) is 15.9 Å². The minimum Gasteiger partial charge on any atom is -0.480 e. The standard InChI is InChI=1S/C18H20N2O5S2/c1-26-14-9-16(18(22)23)20(11-14)17(21)10-19-27(24,25)15-7-6-12-4-2-3-5-13(12)8-15/h2-8,14,16,19H,9-11H2,1H3,(H,22,23)/t14-,16+/m1/s1. The van der Waals surface area contributed by atoms with Crippen molar-refractivity contribution in [1.82, 2.24) is 9.62 Å². The molecule has 0 saturated carbocycles. The van der Waals surface area contributed by atoms with Gasteiger partial charge in [0, 0.05) is 11.8 Å². The van der Waals surface area contributed by atoms with Crippen LogP contribution in [-0.4, -0.2) is 60.9 Å². The lowest BCUT2D eigenvalue weighted by Gasteiger charge is -2.21. The molecule has 3 rings (SSSR count). The lowest BCUT2D eigenvalue weighted by Crippen LogP contribution is -2.45. The summed E-state index contributed by atoms with van der Waals surface area (Å²) in [4.78, 5) is 25.1. The van der Waals surface area contributed by atoms with E-state index in [2.05, 4.69) is 4.72 Å². The fourth-order valence-electron chi connectivity index (χ4n) is 3.15. The van der Waals surface area contributed by atoms with Gasteiger partial charge in [-0.2, -0.15) is 11.8 Å². The van der Waals surface area contributed by atoms with Gasteiger partial charge in [0.25, 0.3) is 0 Å². The van der Waals surface area contributed by atoms with Gasteiger partial charge in [-0.3, -0.25) is 4.79 Å². The van der Waals surface area contributed by atoms with Crippen LogP contribution < -0.4 is 4.72 Å². The third kappa shape index (κ3) is 4.26. The van der Waals surface area contributed by atoms with Gasteiger partial charge in [-0.1, -0.05) is 30.3 Å². The number of carboxylic acids is 1. The van der Waals surface area contributed by atoms with Gasteiger partial charge in [-0.25, -0.2) is 17.9 Å². The first-order valence-corrected chi connectivity index (χ1v) is 11.1.